The van der Waals surface area contributed by atoms with E-state index in [4.69, 9.17) is 4.74 Å². The Morgan fingerprint density at radius 2 is 1.94 bits per heavy atom. The normalized spacial score (nSPS) is 17.5. The molecule has 1 atom stereocenters. The van der Waals surface area contributed by atoms with Gasteiger partial charge in [0.1, 0.15) is 5.25 Å². The van der Waals surface area contributed by atoms with Gasteiger partial charge in [-0.05, 0) is 62.7 Å². The second-order valence-corrected chi connectivity index (χ2v) is 8.14. The summed E-state index contributed by atoms with van der Waals surface area (Å²) in [4.78, 5) is 43.4. The molecule has 7 nitrogen and oxygen atoms in total. The van der Waals surface area contributed by atoms with Crippen LogP contribution in [-0.2, 0) is 14.3 Å². The van der Waals surface area contributed by atoms with Gasteiger partial charge in [0.15, 0.2) is 5.17 Å². The van der Waals surface area contributed by atoms with Crippen LogP contribution in [0.25, 0.3) is 0 Å². The van der Waals surface area contributed by atoms with Gasteiger partial charge < -0.3 is 10.1 Å². The molecule has 0 bridgehead atoms. The van der Waals surface area contributed by atoms with E-state index in [0.29, 0.717) is 35.3 Å². The second kappa shape index (κ2) is 10.3. The first-order valence-electron chi connectivity index (χ1n) is 10.1. The van der Waals surface area contributed by atoms with Gasteiger partial charge >= 0.3 is 5.97 Å². The standard InChI is InChI=1S/C23H25N3O4S/c1-4-26-20(27)14-19(21(28)24-18-8-6-7-15(3)13-18)31-23(26)25-17-11-9-16(10-12-17)22(29)30-5-2/h6-13,19H,4-5,14H2,1-3H3,(H,24,28). The molecule has 0 saturated carbocycles. The average Bonchev–Trinajstić information content (AvgIpc) is 2.74. The summed E-state index contributed by atoms with van der Waals surface area (Å²) in [6.45, 7) is 6.33. The Morgan fingerprint density at radius 3 is 2.58 bits per heavy atom. The van der Waals surface area contributed by atoms with Gasteiger partial charge in [0.25, 0.3) is 0 Å². The van der Waals surface area contributed by atoms with Crippen LogP contribution in [0.1, 0.15) is 36.2 Å². The van der Waals surface area contributed by atoms with Gasteiger partial charge in [0.2, 0.25) is 11.8 Å². The van der Waals surface area contributed by atoms with E-state index < -0.39 is 11.2 Å². The molecule has 0 spiro atoms. The Labute approximate surface area is 185 Å². The molecular formula is C23H25N3O4S. The summed E-state index contributed by atoms with van der Waals surface area (Å²) in [7, 11) is 0. The van der Waals surface area contributed by atoms with Crippen molar-refractivity contribution in [3.8, 4) is 0 Å². The number of thioether (sulfide) groups is 1. The Morgan fingerprint density at radius 1 is 1.19 bits per heavy atom. The predicted octanol–water partition coefficient (Wildman–Crippen LogP) is 4.15. The molecule has 31 heavy (non-hydrogen) atoms. The first-order valence-corrected chi connectivity index (χ1v) is 11.0. The molecule has 2 aromatic carbocycles. The van der Waals surface area contributed by atoms with E-state index in [1.165, 1.54) is 11.8 Å². The maximum Gasteiger partial charge on any atom is 0.338 e. The Hall–Kier alpha value is -3.13. The summed E-state index contributed by atoms with van der Waals surface area (Å²) >= 11 is 1.26. The second-order valence-electron chi connectivity index (χ2n) is 6.97. The lowest BCUT2D eigenvalue weighted by atomic mass is 10.2. The number of aryl methyl sites for hydroxylation is 1. The highest BCUT2D eigenvalue weighted by Crippen LogP contribution is 2.30. The lowest BCUT2D eigenvalue weighted by molar-refractivity contribution is -0.129. The van der Waals surface area contributed by atoms with Gasteiger partial charge in [0.05, 0.1) is 17.9 Å². The SMILES string of the molecule is CCOC(=O)c1ccc(N=C2SC(C(=O)Nc3cccc(C)c3)CC(=O)N2CC)cc1. The fraction of sp³-hybridized carbons (Fsp3) is 0.304. The van der Waals surface area contributed by atoms with Gasteiger partial charge in [-0.3, -0.25) is 14.5 Å². The number of anilines is 1. The number of amidine groups is 1. The number of ether oxygens (including phenoxy) is 1. The molecule has 0 radical (unpaired) electrons. The van der Waals surface area contributed by atoms with Crippen LogP contribution in [0.15, 0.2) is 53.5 Å². The number of esters is 1. The number of nitrogens with zero attached hydrogens (tertiary/aromatic N) is 2. The molecular weight excluding hydrogens is 414 g/mol. The Bertz CT molecular complexity index is 1000. The molecule has 1 aliphatic rings. The van der Waals surface area contributed by atoms with Crippen molar-refractivity contribution in [1.29, 1.82) is 0 Å². The summed E-state index contributed by atoms with van der Waals surface area (Å²) in [6.07, 6.45) is 0.108. The smallest absolute Gasteiger partial charge is 0.338 e. The van der Waals surface area contributed by atoms with Crippen molar-refractivity contribution < 1.29 is 19.1 Å². The summed E-state index contributed by atoms with van der Waals surface area (Å²) in [5.41, 5.74) is 2.75. The van der Waals surface area contributed by atoms with E-state index >= 15 is 0 Å². The fourth-order valence-electron chi connectivity index (χ4n) is 3.10. The minimum Gasteiger partial charge on any atom is -0.462 e. The lowest BCUT2D eigenvalue weighted by Crippen LogP contribution is -2.45. The van der Waals surface area contributed by atoms with Crippen LogP contribution >= 0.6 is 11.8 Å². The molecule has 1 N–H and O–H groups in total. The van der Waals surface area contributed by atoms with Gasteiger partial charge in [0, 0.05) is 18.7 Å². The molecule has 1 saturated heterocycles. The number of hydrogen-bond acceptors (Lipinski definition) is 6. The van der Waals surface area contributed by atoms with Gasteiger partial charge in [-0.25, -0.2) is 9.79 Å². The average molecular weight is 440 g/mol. The van der Waals surface area contributed by atoms with Gasteiger partial charge in [-0.2, -0.15) is 0 Å². The molecule has 0 aliphatic carbocycles. The third kappa shape index (κ3) is 5.73. The minimum atomic E-state index is -0.576. The highest BCUT2D eigenvalue weighted by atomic mass is 32.2. The van der Waals surface area contributed by atoms with Crippen molar-refractivity contribution in [1.82, 2.24) is 4.90 Å². The molecule has 1 heterocycles. The maximum absolute atomic E-state index is 12.8. The maximum atomic E-state index is 12.8. The third-order valence-electron chi connectivity index (χ3n) is 4.64. The molecule has 8 heteroatoms. The summed E-state index contributed by atoms with van der Waals surface area (Å²) in [5, 5.41) is 2.77. The number of carbonyl (C=O) groups is 3. The van der Waals surface area contributed by atoms with Crippen LogP contribution < -0.4 is 5.32 Å². The third-order valence-corrected chi connectivity index (χ3v) is 5.82. The summed E-state index contributed by atoms with van der Waals surface area (Å²) < 4.78 is 4.99. The fourth-order valence-corrected chi connectivity index (χ4v) is 4.26. The zero-order chi connectivity index (χ0) is 22.4. The molecule has 1 unspecified atom stereocenters. The highest BCUT2D eigenvalue weighted by Gasteiger charge is 2.35. The number of aliphatic imine (C=N–C) groups is 1. The zero-order valence-corrected chi connectivity index (χ0v) is 18.6. The number of benzene rings is 2. The van der Waals surface area contributed by atoms with E-state index in [0.717, 1.165) is 5.56 Å². The molecule has 1 aliphatic heterocycles. The number of rotatable bonds is 6. The topological polar surface area (TPSA) is 88.1 Å². The van der Waals surface area contributed by atoms with Crippen molar-refractivity contribution in [2.24, 2.45) is 4.99 Å². The quantitative estimate of drug-likeness (QED) is 0.683. The van der Waals surface area contributed by atoms with Gasteiger partial charge in [-0.1, -0.05) is 23.9 Å². The van der Waals surface area contributed by atoms with Crippen LogP contribution in [-0.4, -0.2) is 46.3 Å². The van der Waals surface area contributed by atoms with Crippen LogP contribution in [0.2, 0.25) is 0 Å². The predicted molar refractivity (Wildman–Crippen MR) is 123 cm³/mol. The van der Waals surface area contributed by atoms with Crippen molar-refractivity contribution in [3.63, 3.8) is 0 Å². The number of amides is 2. The molecule has 0 aromatic heterocycles. The highest BCUT2D eigenvalue weighted by molar-refractivity contribution is 8.15. The van der Waals surface area contributed by atoms with Crippen LogP contribution in [0.3, 0.4) is 0 Å². The molecule has 2 aromatic rings. The number of carbonyl (C=O) groups excluding carboxylic acids is 3. The van der Waals surface area contributed by atoms with Crippen molar-refractivity contribution in [2.45, 2.75) is 32.4 Å². The number of hydrogen-bond donors (Lipinski definition) is 1. The molecule has 1 fully saturated rings. The van der Waals surface area contributed by atoms with Gasteiger partial charge in [-0.15, -0.1) is 0 Å². The Kier molecular flexibility index (Phi) is 7.46. The van der Waals surface area contributed by atoms with E-state index in [1.54, 1.807) is 36.1 Å². The molecule has 3 rings (SSSR count). The number of nitrogens with one attached hydrogen (secondary N) is 1. The van der Waals surface area contributed by atoms with Crippen LogP contribution in [0, 0.1) is 6.92 Å². The van der Waals surface area contributed by atoms with Crippen molar-refractivity contribution in [3.05, 3.63) is 59.7 Å². The summed E-state index contributed by atoms with van der Waals surface area (Å²) in [5.74, 6) is -0.774. The largest absolute Gasteiger partial charge is 0.462 e. The minimum absolute atomic E-state index is 0.108. The van der Waals surface area contributed by atoms with Crippen molar-refractivity contribution >= 4 is 46.1 Å². The lowest BCUT2D eigenvalue weighted by Gasteiger charge is -2.30. The van der Waals surface area contributed by atoms with Crippen LogP contribution in [0.5, 0.6) is 0 Å². The Balaban J connectivity index is 1.78. The van der Waals surface area contributed by atoms with E-state index in [9.17, 15) is 14.4 Å². The molecule has 2 amide bonds. The first kappa shape index (κ1) is 22.6. The first-order chi connectivity index (χ1) is 14.9. The van der Waals surface area contributed by atoms with Crippen molar-refractivity contribution in [2.75, 3.05) is 18.5 Å². The monoisotopic (exact) mass is 439 g/mol. The zero-order valence-electron chi connectivity index (χ0n) is 17.8. The van der Waals surface area contributed by atoms with E-state index in [-0.39, 0.29) is 18.2 Å². The van der Waals surface area contributed by atoms with E-state index in [1.807, 2.05) is 38.1 Å². The van der Waals surface area contributed by atoms with Crippen LogP contribution in [0.4, 0.5) is 11.4 Å². The summed E-state index contributed by atoms with van der Waals surface area (Å²) in [6, 6.07) is 14.2. The molecule has 162 valence electrons. The van der Waals surface area contributed by atoms with E-state index in [2.05, 4.69) is 10.3 Å².